The zero-order valence-electron chi connectivity index (χ0n) is 17.9. The van der Waals surface area contributed by atoms with E-state index in [2.05, 4.69) is 5.32 Å². The fourth-order valence-corrected chi connectivity index (χ4v) is 3.90. The van der Waals surface area contributed by atoms with Crippen LogP contribution in [0.2, 0.25) is 0 Å². The van der Waals surface area contributed by atoms with Gasteiger partial charge in [0.05, 0.1) is 17.0 Å². The number of benzene rings is 3. The summed E-state index contributed by atoms with van der Waals surface area (Å²) in [5.74, 6) is -1.15. The smallest absolute Gasteiger partial charge is 0.337 e. The van der Waals surface area contributed by atoms with E-state index in [1.807, 2.05) is 19.9 Å². The molecule has 0 radical (unpaired) electrons. The number of halogens is 1. The van der Waals surface area contributed by atoms with Crippen LogP contribution >= 0.6 is 0 Å². The molecular weight excluding hydrogens is 409 g/mol. The van der Waals surface area contributed by atoms with E-state index in [-0.39, 0.29) is 17.0 Å². The second-order valence-corrected chi connectivity index (χ2v) is 7.84. The first-order valence-electron chi connectivity index (χ1n) is 10.2. The van der Waals surface area contributed by atoms with Crippen molar-refractivity contribution < 1.29 is 18.7 Å². The molecule has 1 aromatic heterocycles. The van der Waals surface area contributed by atoms with Gasteiger partial charge in [0, 0.05) is 22.4 Å². The molecule has 4 rings (SSSR count). The highest BCUT2D eigenvalue weighted by Gasteiger charge is 2.20. The Bertz CT molecular complexity index is 1410. The van der Waals surface area contributed by atoms with E-state index in [0.717, 1.165) is 5.56 Å². The van der Waals surface area contributed by atoms with E-state index in [4.69, 9.17) is 4.42 Å². The van der Waals surface area contributed by atoms with E-state index in [0.29, 0.717) is 39.1 Å². The zero-order chi connectivity index (χ0) is 23.0. The van der Waals surface area contributed by atoms with Crippen LogP contribution in [0.15, 0.2) is 69.9 Å². The molecule has 0 bridgehead atoms. The summed E-state index contributed by atoms with van der Waals surface area (Å²) < 4.78 is 20.0. The van der Waals surface area contributed by atoms with Gasteiger partial charge in [0.15, 0.2) is 5.43 Å². The van der Waals surface area contributed by atoms with Crippen molar-refractivity contribution in [2.45, 2.75) is 26.8 Å². The van der Waals surface area contributed by atoms with Crippen LogP contribution in [-0.4, -0.2) is 11.1 Å². The van der Waals surface area contributed by atoms with Gasteiger partial charge in [-0.15, -0.1) is 0 Å². The molecule has 6 heteroatoms. The quantitative estimate of drug-likeness (QED) is 0.400. The third-order valence-electron chi connectivity index (χ3n) is 5.47. The summed E-state index contributed by atoms with van der Waals surface area (Å²) in [5, 5.41) is 13.1. The minimum atomic E-state index is -1.04. The molecule has 0 unspecified atom stereocenters. The van der Waals surface area contributed by atoms with E-state index in [1.165, 1.54) is 18.2 Å². The summed E-state index contributed by atoms with van der Waals surface area (Å²) in [5.41, 5.74) is 3.26. The molecule has 0 saturated heterocycles. The van der Waals surface area contributed by atoms with Gasteiger partial charge in [-0.25, -0.2) is 9.18 Å². The molecule has 0 spiro atoms. The molecule has 3 aromatic carbocycles. The Balaban J connectivity index is 1.90. The van der Waals surface area contributed by atoms with Gasteiger partial charge in [-0.2, -0.15) is 0 Å². The SMILES string of the molecule is Cc1cc([C@@H](C)Nc2ccccc2C(=O)O)c2oc(-c3cccc(F)c3)c(C)c(=O)c2c1. The van der Waals surface area contributed by atoms with E-state index in [9.17, 15) is 19.1 Å². The summed E-state index contributed by atoms with van der Waals surface area (Å²) in [7, 11) is 0. The van der Waals surface area contributed by atoms with Gasteiger partial charge in [-0.3, -0.25) is 4.79 Å². The fraction of sp³-hybridized carbons (Fsp3) is 0.154. The maximum atomic E-state index is 13.8. The molecule has 0 saturated carbocycles. The lowest BCUT2D eigenvalue weighted by molar-refractivity contribution is 0.0698. The van der Waals surface area contributed by atoms with Crippen molar-refractivity contribution in [1.82, 2.24) is 0 Å². The summed E-state index contributed by atoms with van der Waals surface area (Å²) in [4.78, 5) is 24.8. The number of hydrogen-bond donors (Lipinski definition) is 2. The molecular formula is C26H22FNO4. The highest BCUT2D eigenvalue weighted by atomic mass is 19.1. The van der Waals surface area contributed by atoms with Gasteiger partial charge < -0.3 is 14.8 Å². The first-order valence-corrected chi connectivity index (χ1v) is 10.2. The lowest BCUT2D eigenvalue weighted by Gasteiger charge is -2.20. The summed E-state index contributed by atoms with van der Waals surface area (Å²) >= 11 is 0. The standard InChI is InChI=1S/C26H22FNO4/c1-14-11-20(16(3)28-22-10-5-4-9-19(22)26(30)31)25-21(12-14)23(29)15(2)24(32-25)17-7-6-8-18(27)13-17/h4-13,16,28H,1-3H3,(H,30,31)/t16-/m1/s1. The van der Waals surface area contributed by atoms with Crippen molar-refractivity contribution in [3.8, 4) is 11.3 Å². The second kappa shape index (κ2) is 8.30. The number of rotatable bonds is 5. The minimum absolute atomic E-state index is 0.147. The number of hydrogen-bond acceptors (Lipinski definition) is 4. The number of para-hydroxylation sites is 1. The van der Waals surface area contributed by atoms with Crippen molar-refractivity contribution in [2.24, 2.45) is 0 Å². The van der Waals surface area contributed by atoms with Crippen molar-refractivity contribution in [2.75, 3.05) is 5.32 Å². The van der Waals surface area contributed by atoms with Gasteiger partial charge in [0.1, 0.15) is 17.2 Å². The maximum absolute atomic E-state index is 13.8. The Labute approximate surface area is 184 Å². The van der Waals surface area contributed by atoms with Gasteiger partial charge >= 0.3 is 5.97 Å². The Morgan fingerprint density at radius 2 is 1.81 bits per heavy atom. The summed E-state index contributed by atoms with van der Waals surface area (Å²) in [6.45, 7) is 5.42. The van der Waals surface area contributed by atoms with Crippen molar-refractivity contribution in [3.05, 3.63) is 99.0 Å². The molecule has 1 atom stereocenters. The molecule has 162 valence electrons. The van der Waals surface area contributed by atoms with Gasteiger partial charge in [0.25, 0.3) is 0 Å². The van der Waals surface area contributed by atoms with Gasteiger partial charge in [-0.1, -0.05) is 30.3 Å². The average molecular weight is 431 g/mol. The normalized spacial score (nSPS) is 12.0. The number of fused-ring (bicyclic) bond motifs is 1. The molecule has 0 fully saturated rings. The third kappa shape index (κ3) is 3.87. The van der Waals surface area contributed by atoms with Crippen LogP contribution in [0.3, 0.4) is 0 Å². The van der Waals surface area contributed by atoms with E-state index < -0.39 is 11.8 Å². The van der Waals surface area contributed by atoms with Crippen LogP contribution in [0.25, 0.3) is 22.3 Å². The number of anilines is 1. The first kappa shape index (κ1) is 21.3. The van der Waals surface area contributed by atoms with Crippen LogP contribution < -0.4 is 10.7 Å². The monoisotopic (exact) mass is 431 g/mol. The molecule has 0 aliphatic heterocycles. The highest BCUT2D eigenvalue weighted by molar-refractivity contribution is 5.94. The number of carboxylic acid groups (broad SMARTS) is 1. The van der Waals surface area contributed by atoms with E-state index in [1.54, 1.807) is 43.3 Å². The van der Waals surface area contributed by atoms with Crippen molar-refractivity contribution in [1.29, 1.82) is 0 Å². The summed E-state index contributed by atoms with van der Waals surface area (Å²) in [6.07, 6.45) is 0. The largest absolute Gasteiger partial charge is 0.478 e. The zero-order valence-corrected chi connectivity index (χ0v) is 17.9. The van der Waals surface area contributed by atoms with Crippen molar-refractivity contribution in [3.63, 3.8) is 0 Å². The summed E-state index contributed by atoms with van der Waals surface area (Å²) in [6, 6.07) is 15.8. The predicted molar refractivity (Wildman–Crippen MR) is 123 cm³/mol. The Morgan fingerprint density at radius 3 is 2.53 bits per heavy atom. The number of aromatic carboxylic acids is 1. The van der Waals surface area contributed by atoms with Crippen LogP contribution in [0, 0.1) is 19.7 Å². The number of nitrogens with one attached hydrogen (secondary N) is 1. The first-order chi connectivity index (χ1) is 15.3. The van der Waals surface area contributed by atoms with Crippen LogP contribution in [-0.2, 0) is 0 Å². The molecule has 1 heterocycles. The highest BCUT2D eigenvalue weighted by Crippen LogP contribution is 2.32. The Hall–Kier alpha value is -3.93. The molecule has 0 aliphatic rings. The van der Waals surface area contributed by atoms with Gasteiger partial charge in [0.2, 0.25) is 0 Å². The lowest BCUT2D eigenvalue weighted by Crippen LogP contribution is -2.14. The lowest BCUT2D eigenvalue weighted by atomic mass is 9.98. The molecule has 32 heavy (non-hydrogen) atoms. The Kier molecular flexibility index (Phi) is 5.53. The van der Waals surface area contributed by atoms with Crippen LogP contribution in [0.1, 0.15) is 40.0 Å². The number of carbonyl (C=O) groups is 1. The number of carboxylic acids is 1. The average Bonchev–Trinajstić information content (AvgIpc) is 2.76. The van der Waals surface area contributed by atoms with E-state index >= 15 is 0 Å². The molecule has 2 N–H and O–H groups in total. The molecule has 4 aromatic rings. The fourth-order valence-electron chi connectivity index (χ4n) is 3.90. The van der Waals surface area contributed by atoms with Crippen LogP contribution in [0.5, 0.6) is 0 Å². The number of aryl methyl sites for hydroxylation is 1. The molecule has 0 amide bonds. The maximum Gasteiger partial charge on any atom is 0.337 e. The topological polar surface area (TPSA) is 79.5 Å². The predicted octanol–water partition coefficient (Wildman–Crippen LogP) is 6.09. The molecule has 0 aliphatic carbocycles. The Morgan fingerprint density at radius 1 is 1.06 bits per heavy atom. The van der Waals surface area contributed by atoms with Crippen LogP contribution in [0.4, 0.5) is 10.1 Å². The second-order valence-electron chi connectivity index (χ2n) is 7.84. The van der Waals surface area contributed by atoms with Gasteiger partial charge in [-0.05, 0) is 56.7 Å². The third-order valence-corrected chi connectivity index (χ3v) is 5.47. The van der Waals surface area contributed by atoms with Crippen molar-refractivity contribution >= 4 is 22.6 Å². The minimum Gasteiger partial charge on any atom is -0.478 e. The molecule has 5 nitrogen and oxygen atoms in total.